The van der Waals surface area contributed by atoms with E-state index in [4.69, 9.17) is 11.6 Å². The lowest BCUT2D eigenvalue weighted by molar-refractivity contribution is -0.137. The van der Waals surface area contributed by atoms with Crippen LogP contribution in [0.15, 0.2) is 71.7 Å². The van der Waals surface area contributed by atoms with Crippen LogP contribution < -0.4 is 5.69 Å². The summed E-state index contributed by atoms with van der Waals surface area (Å²) in [4.78, 5) is 25.8. The van der Waals surface area contributed by atoms with Crippen LogP contribution in [0, 0.1) is 13.8 Å². The van der Waals surface area contributed by atoms with Crippen LogP contribution in [-0.2, 0) is 18.4 Å². The van der Waals surface area contributed by atoms with Gasteiger partial charge in [-0.3, -0.25) is 13.9 Å². The summed E-state index contributed by atoms with van der Waals surface area (Å²) in [7, 11) is 2.01. The van der Waals surface area contributed by atoms with E-state index >= 15 is 0 Å². The SMILES string of the molecule is Cc1cc(C)c2c(Cn3c(=O)n([C@H](CC(=O)O)c4ccccc4)c4cc(Cl)ccc43)cn(C)c2c1. The molecule has 0 bridgehead atoms. The van der Waals surface area contributed by atoms with Crippen LogP contribution in [0.1, 0.15) is 34.7 Å². The number of carbonyl (C=O) groups is 1. The van der Waals surface area contributed by atoms with Crippen molar-refractivity contribution in [2.24, 2.45) is 7.05 Å². The van der Waals surface area contributed by atoms with Crippen molar-refractivity contribution in [3.05, 3.63) is 105 Å². The Bertz CT molecular complexity index is 1640. The topological polar surface area (TPSA) is 69.2 Å². The molecule has 2 aromatic heterocycles. The van der Waals surface area contributed by atoms with E-state index in [2.05, 4.69) is 36.7 Å². The second-order valence-corrected chi connectivity index (χ2v) is 9.57. The van der Waals surface area contributed by atoms with Gasteiger partial charge in [-0.25, -0.2) is 4.79 Å². The van der Waals surface area contributed by atoms with Crippen LogP contribution in [0.3, 0.4) is 0 Å². The molecule has 7 heteroatoms. The van der Waals surface area contributed by atoms with Crippen LogP contribution in [0.2, 0.25) is 5.02 Å². The Morgan fingerprint density at radius 1 is 1.00 bits per heavy atom. The minimum Gasteiger partial charge on any atom is -0.481 e. The van der Waals surface area contributed by atoms with Gasteiger partial charge in [0.05, 0.1) is 30.0 Å². The predicted molar refractivity (Wildman–Crippen MR) is 140 cm³/mol. The summed E-state index contributed by atoms with van der Waals surface area (Å²) in [6.07, 6.45) is 1.84. The molecule has 178 valence electrons. The zero-order valence-electron chi connectivity index (χ0n) is 19.8. The summed E-state index contributed by atoms with van der Waals surface area (Å²) in [6.45, 7) is 4.52. The van der Waals surface area contributed by atoms with E-state index in [0.29, 0.717) is 22.6 Å². The number of nitrogens with zero attached hydrogens (tertiary/aromatic N) is 3. The summed E-state index contributed by atoms with van der Waals surface area (Å²) < 4.78 is 5.38. The van der Waals surface area contributed by atoms with Crippen LogP contribution in [0.4, 0.5) is 0 Å². The first-order valence-electron chi connectivity index (χ1n) is 11.5. The number of aryl methyl sites for hydroxylation is 3. The molecular weight excluding hydrogens is 462 g/mol. The maximum absolute atomic E-state index is 14.0. The van der Waals surface area contributed by atoms with Gasteiger partial charge >= 0.3 is 11.7 Å². The van der Waals surface area contributed by atoms with Crippen molar-refractivity contribution in [2.45, 2.75) is 32.9 Å². The van der Waals surface area contributed by atoms with Crippen molar-refractivity contribution >= 4 is 39.5 Å². The Balaban J connectivity index is 1.75. The van der Waals surface area contributed by atoms with Gasteiger partial charge in [0.2, 0.25) is 0 Å². The van der Waals surface area contributed by atoms with Gasteiger partial charge in [-0.05, 0) is 60.4 Å². The molecule has 1 N–H and O–H groups in total. The molecule has 0 unspecified atom stereocenters. The number of rotatable bonds is 6. The second-order valence-electron chi connectivity index (χ2n) is 9.14. The number of benzene rings is 3. The number of aromatic nitrogens is 3. The number of fused-ring (bicyclic) bond motifs is 2. The van der Waals surface area contributed by atoms with Crippen molar-refractivity contribution in [1.82, 2.24) is 13.7 Å². The fraction of sp³-hybridized carbons (Fsp3) is 0.214. The lowest BCUT2D eigenvalue weighted by Crippen LogP contribution is -2.29. The molecule has 0 fully saturated rings. The molecule has 0 aliphatic carbocycles. The number of hydrogen-bond acceptors (Lipinski definition) is 2. The Morgan fingerprint density at radius 3 is 2.46 bits per heavy atom. The monoisotopic (exact) mass is 487 g/mol. The first kappa shape index (κ1) is 23.0. The van der Waals surface area contributed by atoms with Gasteiger partial charge in [-0.15, -0.1) is 0 Å². The standard InChI is InChI=1S/C28H26ClN3O3/c1-17-11-18(2)27-20(15-30(3)25(27)12-17)16-31-22-10-9-21(29)13-24(22)32(28(31)35)23(14-26(33)34)19-7-5-4-6-8-19/h4-13,15,23H,14,16H2,1-3H3,(H,33,34)/t23-/m1/s1. The fourth-order valence-corrected chi connectivity index (χ4v) is 5.37. The number of hydrogen-bond donors (Lipinski definition) is 1. The maximum atomic E-state index is 14.0. The third-order valence-corrected chi connectivity index (χ3v) is 6.86. The lowest BCUT2D eigenvalue weighted by atomic mass is 10.0. The largest absolute Gasteiger partial charge is 0.481 e. The lowest BCUT2D eigenvalue weighted by Gasteiger charge is -2.17. The van der Waals surface area contributed by atoms with Crippen molar-refractivity contribution in [3.8, 4) is 0 Å². The molecule has 0 radical (unpaired) electrons. The highest BCUT2D eigenvalue weighted by atomic mass is 35.5. The quantitative estimate of drug-likeness (QED) is 0.335. The Kier molecular flexibility index (Phi) is 5.77. The molecule has 3 aromatic carbocycles. The van der Waals surface area contributed by atoms with E-state index in [9.17, 15) is 14.7 Å². The van der Waals surface area contributed by atoms with Crippen molar-refractivity contribution < 1.29 is 9.90 Å². The first-order chi connectivity index (χ1) is 16.7. The highest BCUT2D eigenvalue weighted by Gasteiger charge is 2.25. The minimum absolute atomic E-state index is 0.220. The third-order valence-electron chi connectivity index (χ3n) is 6.63. The molecule has 0 spiro atoms. The zero-order chi connectivity index (χ0) is 24.9. The number of imidazole rings is 1. The van der Waals surface area contributed by atoms with E-state index in [1.54, 1.807) is 21.3 Å². The maximum Gasteiger partial charge on any atom is 0.330 e. The van der Waals surface area contributed by atoms with E-state index in [1.807, 2.05) is 43.4 Å². The Hall–Kier alpha value is -3.77. The predicted octanol–water partition coefficient (Wildman–Crippen LogP) is 5.68. The smallest absolute Gasteiger partial charge is 0.330 e. The number of halogens is 1. The normalized spacial score (nSPS) is 12.5. The molecule has 35 heavy (non-hydrogen) atoms. The van der Waals surface area contributed by atoms with Crippen molar-refractivity contribution in [1.29, 1.82) is 0 Å². The Labute approximate surface area is 207 Å². The summed E-state index contributed by atoms with van der Waals surface area (Å²) in [5, 5.41) is 11.3. The Morgan fingerprint density at radius 2 is 1.74 bits per heavy atom. The van der Waals surface area contributed by atoms with Gasteiger partial charge in [0.15, 0.2) is 0 Å². The minimum atomic E-state index is -0.978. The zero-order valence-corrected chi connectivity index (χ0v) is 20.6. The van der Waals surface area contributed by atoms with Crippen LogP contribution >= 0.6 is 11.6 Å². The van der Waals surface area contributed by atoms with Crippen LogP contribution in [-0.4, -0.2) is 24.8 Å². The molecule has 2 heterocycles. The molecule has 5 aromatic rings. The molecule has 0 aliphatic heterocycles. The molecular formula is C28H26ClN3O3. The van der Waals surface area contributed by atoms with E-state index in [0.717, 1.165) is 27.6 Å². The van der Waals surface area contributed by atoms with Crippen LogP contribution in [0.25, 0.3) is 21.9 Å². The number of carboxylic acids is 1. The summed E-state index contributed by atoms with van der Waals surface area (Å²) in [5.41, 5.74) is 6.31. The van der Waals surface area contributed by atoms with Crippen LogP contribution in [0.5, 0.6) is 0 Å². The molecule has 1 atom stereocenters. The van der Waals surface area contributed by atoms with E-state index in [-0.39, 0.29) is 12.1 Å². The third kappa shape index (κ3) is 4.04. The molecule has 5 rings (SSSR count). The summed E-state index contributed by atoms with van der Waals surface area (Å²) >= 11 is 6.34. The fourth-order valence-electron chi connectivity index (χ4n) is 5.21. The highest BCUT2D eigenvalue weighted by Crippen LogP contribution is 2.30. The van der Waals surface area contributed by atoms with Gasteiger partial charge < -0.3 is 9.67 Å². The average Bonchev–Trinajstić information content (AvgIpc) is 3.26. The van der Waals surface area contributed by atoms with E-state index < -0.39 is 12.0 Å². The first-order valence-corrected chi connectivity index (χ1v) is 11.8. The van der Waals surface area contributed by atoms with Crippen molar-refractivity contribution in [3.63, 3.8) is 0 Å². The second kappa shape index (κ2) is 8.78. The molecule has 0 saturated heterocycles. The molecule has 0 amide bonds. The molecule has 6 nitrogen and oxygen atoms in total. The molecule has 0 saturated carbocycles. The van der Waals surface area contributed by atoms with E-state index in [1.165, 1.54) is 5.56 Å². The van der Waals surface area contributed by atoms with Crippen molar-refractivity contribution in [2.75, 3.05) is 0 Å². The number of aliphatic carboxylic acids is 1. The van der Waals surface area contributed by atoms with Gasteiger partial charge in [-0.1, -0.05) is 48.0 Å². The van der Waals surface area contributed by atoms with Gasteiger partial charge in [0.25, 0.3) is 0 Å². The highest BCUT2D eigenvalue weighted by molar-refractivity contribution is 6.31. The van der Waals surface area contributed by atoms with Gasteiger partial charge in [0, 0.05) is 29.2 Å². The summed E-state index contributed by atoms with van der Waals surface area (Å²) in [5.74, 6) is -0.978. The van der Waals surface area contributed by atoms with Gasteiger partial charge in [0.1, 0.15) is 0 Å². The average molecular weight is 488 g/mol. The number of carboxylic acid groups (broad SMARTS) is 1. The van der Waals surface area contributed by atoms with Gasteiger partial charge in [-0.2, -0.15) is 0 Å². The molecule has 0 aliphatic rings. The summed E-state index contributed by atoms with van der Waals surface area (Å²) in [6, 6.07) is 18.2.